The zero-order chi connectivity index (χ0) is 59.0. The molecular formula is C72H73NO11S2. The summed E-state index contributed by atoms with van der Waals surface area (Å²) in [6, 6.07) is 40.9. The summed E-state index contributed by atoms with van der Waals surface area (Å²) in [5.74, 6) is 6.64. The minimum absolute atomic E-state index is 0.00992. The predicted molar refractivity (Wildman–Crippen MR) is 336 cm³/mol. The molecule has 0 aromatic heterocycles. The van der Waals surface area contributed by atoms with Crippen molar-refractivity contribution in [2.24, 2.45) is 35.5 Å². The van der Waals surface area contributed by atoms with E-state index in [9.17, 15) is 25.2 Å². The zero-order valence-corrected chi connectivity index (χ0v) is 50.4. The van der Waals surface area contributed by atoms with Gasteiger partial charge in [0.25, 0.3) is 0 Å². The molecule has 3 fully saturated rings. The third-order valence-electron chi connectivity index (χ3n) is 20.6. The van der Waals surface area contributed by atoms with Crippen molar-refractivity contribution >= 4 is 55.1 Å². The Hall–Kier alpha value is -6.86. The van der Waals surface area contributed by atoms with E-state index < -0.39 is 46.9 Å². The Bertz CT molecular complexity index is 3880. The van der Waals surface area contributed by atoms with Crippen LogP contribution in [0.2, 0.25) is 0 Å². The van der Waals surface area contributed by atoms with Crippen LogP contribution in [-0.4, -0.2) is 96.2 Å². The van der Waals surface area contributed by atoms with E-state index in [2.05, 4.69) is 77.8 Å². The summed E-state index contributed by atoms with van der Waals surface area (Å²) in [5.41, 5.74) is 6.43. The van der Waals surface area contributed by atoms with Gasteiger partial charge in [-0.25, -0.2) is 0 Å². The second kappa shape index (κ2) is 23.0. The van der Waals surface area contributed by atoms with E-state index in [0.29, 0.717) is 82.1 Å². The van der Waals surface area contributed by atoms with Crippen LogP contribution in [0, 0.1) is 47.3 Å². The van der Waals surface area contributed by atoms with Gasteiger partial charge in [0.2, 0.25) is 0 Å². The number of esters is 2. The molecule has 12 nitrogen and oxygen atoms in total. The van der Waals surface area contributed by atoms with Gasteiger partial charge in [0.15, 0.2) is 23.0 Å². The molecule has 7 aliphatic rings. The van der Waals surface area contributed by atoms with Crippen molar-refractivity contribution in [3.05, 3.63) is 160 Å². The quantitative estimate of drug-likeness (QED) is 0.0626. The van der Waals surface area contributed by atoms with Crippen molar-refractivity contribution in [2.75, 3.05) is 45.5 Å². The maximum absolute atomic E-state index is 16.9. The average Bonchev–Trinajstić information content (AvgIpc) is 0.683. The summed E-state index contributed by atoms with van der Waals surface area (Å²) >= 11 is 0. The Morgan fingerprint density at radius 3 is 2.48 bits per heavy atom. The van der Waals surface area contributed by atoms with Crippen molar-refractivity contribution in [2.45, 2.75) is 106 Å². The monoisotopic (exact) mass is 1190 g/mol. The van der Waals surface area contributed by atoms with Gasteiger partial charge in [-0.05, 0) is 195 Å². The molecule has 5 N–H and O–H groups in total. The molecule has 2 aliphatic heterocycles. The Kier molecular flexibility index (Phi) is 15.2. The van der Waals surface area contributed by atoms with Crippen molar-refractivity contribution in [1.29, 1.82) is 0 Å². The van der Waals surface area contributed by atoms with Crippen LogP contribution in [0.5, 0.6) is 28.7 Å². The molecule has 2 heterocycles. The maximum Gasteiger partial charge on any atom is 0.316 e. The zero-order valence-electron chi connectivity index (χ0n) is 48.8. The standard InChI is InChI=1S/C72H73NO11S2/c1-40(74)83-66-30-54-29-59-57-32-68(64(77)25-49(57)23-60-63(76)33-61-58-31-65(78)67(81-3)26-50(58)24-62(66)72(61,69(59)60)52-16-13-45-8-4-5-9-46(45)21-52)82-17-18-85-86-39-44-19-41-11-12-43(38-80-2)37-73-36-42-7-6-10-47(20-42)56-28-53(75)22-48-14-15-51(27-55(48)56)71(34-41,35-44)70(79)84-54/h4-10,13-16,20-22,25-28,31-32,41,43-44,54,59-63,66,69,73,75-78H,17-19,23-24,29-30,33-39H2,1-3H3. The molecule has 3 saturated carbocycles. The van der Waals surface area contributed by atoms with Crippen LogP contribution in [0.4, 0.5) is 0 Å². The number of methoxy groups -OCH3 is 2. The molecule has 0 amide bonds. The lowest BCUT2D eigenvalue weighted by Gasteiger charge is -2.66. The Labute approximate surface area is 510 Å². The van der Waals surface area contributed by atoms with Crippen LogP contribution in [-0.2, 0) is 54.0 Å². The van der Waals surface area contributed by atoms with E-state index in [4.69, 9.17) is 23.7 Å². The first-order valence-corrected chi connectivity index (χ1v) is 33.0. The van der Waals surface area contributed by atoms with Crippen LogP contribution in [0.3, 0.4) is 0 Å². The first-order chi connectivity index (χ1) is 41.8. The number of ether oxygens (including phenoxy) is 5. The number of nitrogens with one attached hydrogen (secondary N) is 1. The normalized spacial score (nSPS) is 30.3. The lowest BCUT2D eigenvalue weighted by Crippen LogP contribution is -2.65. The van der Waals surface area contributed by atoms with Crippen molar-refractivity contribution < 1.29 is 53.7 Å². The largest absolute Gasteiger partial charge is 0.508 e. The van der Waals surface area contributed by atoms with Gasteiger partial charge < -0.3 is 49.4 Å². The van der Waals surface area contributed by atoms with E-state index in [-0.39, 0.29) is 65.1 Å². The van der Waals surface area contributed by atoms with E-state index in [1.54, 1.807) is 41.9 Å². The van der Waals surface area contributed by atoms with Crippen molar-refractivity contribution in [1.82, 2.24) is 5.32 Å². The summed E-state index contributed by atoms with van der Waals surface area (Å²) in [5, 5.41) is 55.6. The fraction of sp³-hybridized carbons (Fsp3) is 0.417. The number of aliphatic hydroxyl groups excluding tert-OH is 1. The number of hydrogen-bond acceptors (Lipinski definition) is 14. The molecule has 444 valence electrons. The highest BCUT2D eigenvalue weighted by molar-refractivity contribution is 8.76. The molecule has 5 aliphatic carbocycles. The van der Waals surface area contributed by atoms with Gasteiger partial charge in [0.05, 0.1) is 37.8 Å². The van der Waals surface area contributed by atoms with Gasteiger partial charge in [0, 0.05) is 62.3 Å². The Balaban J connectivity index is 0.997. The first-order valence-electron chi connectivity index (χ1n) is 30.6. The number of rotatable bonds is 5. The number of carbonyl (C=O) groups excluding carboxylic acids is 2. The van der Waals surface area contributed by atoms with Crippen molar-refractivity contribution in [3.8, 4) is 51.7 Å². The second-order valence-electron chi connectivity index (χ2n) is 25.5. The van der Waals surface area contributed by atoms with Crippen LogP contribution in [0.25, 0.3) is 32.7 Å². The van der Waals surface area contributed by atoms with Gasteiger partial charge in [-0.1, -0.05) is 106 Å². The first kappa shape index (κ1) is 56.9. The molecule has 0 radical (unpaired) electrons. The Morgan fingerprint density at radius 1 is 0.791 bits per heavy atom. The van der Waals surface area contributed by atoms with E-state index in [1.807, 2.05) is 54.6 Å². The fourth-order valence-corrected chi connectivity index (χ4v) is 19.6. The fourth-order valence-electron chi connectivity index (χ4n) is 17.3. The van der Waals surface area contributed by atoms with Gasteiger partial charge in [-0.15, -0.1) is 0 Å². The maximum atomic E-state index is 16.9. The molecule has 0 saturated heterocycles. The summed E-state index contributed by atoms with van der Waals surface area (Å²) in [4.78, 5) is 31.0. The van der Waals surface area contributed by atoms with Crippen LogP contribution >= 0.6 is 21.6 Å². The molecule has 13 unspecified atom stereocenters. The SMILES string of the molecule is COCC1C#CC2CC3CSSCCOc4cc5c(cc4O)CC4C(O)CC6c7cc(O)c(OC)cc7CC7C(OC(C)=O)CC(CC5C4C67c4ccc5ccccc5c4)OC(=O)C(C2)(C3)c2ccc3cc(O)cc(c3c2)-c2cccc(c2)CNC1. The summed E-state index contributed by atoms with van der Waals surface area (Å²) in [6.45, 7) is 3.45. The van der Waals surface area contributed by atoms with E-state index in [1.165, 1.54) is 6.92 Å². The third-order valence-corrected chi connectivity index (χ3v) is 23.1. The number of fused-ring (bicyclic) bond motifs is 11. The van der Waals surface area contributed by atoms with Crippen LogP contribution < -0.4 is 14.8 Å². The number of hydrogen-bond donors (Lipinski definition) is 5. The number of phenols is 3. The molecule has 14 rings (SSSR count). The molecule has 1 spiro atoms. The molecule has 13 atom stereocenters. The highest BCUT2D eigenvalue weighted by Gasteiger charge is 2.67. The average molecular weight is 1190 g/mol. The molecule has 14 heteroatoms. The van der Waals surface area contributed by atoms with Crippen LogP contribution in [0.1, 0.15) is 96.2 Å². The molecule has 86 heavy (non-hydrogen) atoms. The number of carbonyl (C=O) groups is 2. The minimum atomic E-state index is -1.21. The lowest BCUT2D eigenvalue weighted by atomic mass is 9.38. The summed E-state index contributed by atoms with van der Waals surface area (Å²) < 4.78 is 32.5. The van der Waals surface area contributed by atoms with E-state index in [0.717, 1.165) is 83.8 Å². The predicted octanol–water partition coefficient (Wildman–Crippen LogP) is 12.5. The smallest absolute Gasteiger partial charge is 0.316 e. The van der Waals surface area contributed by atoms with Gasteiger partial charge in [0.1, 0.15) is 18.0 Å². The minimum Gasteiger partial charge on any atom is -0.508 e. The molecular weight excluding hydrogens is 1120 g/mol. The van der Waals surface area contributed by atoms with Crippen molar-refractivity contribution in [3.63, 3.8) is 0 Å². The number of aromatic hydroxyl groups is 3. The summed E-state index contributed by atoms with van der Waals surface area (Å²) in [7, 11) is 6.73. The highest BCUT2D eigenvalue weighted by atomic mass is 33.1. The van der Waals surface area contributed by atoms with Gasteiger partial charge >= 0.3 is 11.9 Å². The highest BCUT2D eigenvalue weighted by Crippen LogP contribution is 2.70. The van der Waals surface area contributed by atoms with Crippen LogP contribution in [0.15, 0.2) is 121 Å². The number of phenolic OH excluding ortho intramolecular Hbond substituents is 3. The number of benzene rings is 7. The third kappa shape index (κ3) is 10.0. The Morgan fingerprint density at radius 2 is 1.63 bits per heavy atom. The summed E-state index contributed by atoms with van der Waals surface area (Å²) in [6.07, 6.45) is 0.933. The van der Waals surface area contributed by atoms with E-state index >= 15 is 4.79 Å². The molecule has 11 bridgehead atoms. The topological polar surface area (TPSA) is 173 Å². The lowest BCUT2D eigenvalue weighted by molar-refractivity contribution is -0.175. The molecule has 7 aromatic carbocycles. The van der Waals surface area contributed by atoms with Gasteiger partial charge in [-0.2, -0.15) is 0 Å². The van der Waals surface area contributed by atoms with Gasteiger partial charge in [-0.3, -0.25) is 9.59 Å². The second-order valence-corrected chi connectivity index (χ2v) is 28.1. The molecule has 7 aromatic rings. The number of aliphatic hydroxyl groups is 1.